The van der Waals surface area contributed by atoms with Gasteiger partial charge in [-0.3, -0.25) is 0 Å². The van der Waals surface area contributed by atoms with Gasteiger partial charge in [0.25, 0.3) is 5.89 Å². The van der Waals surface area contributed by atoms with Crippen LogP contribution in [0.1, 0.15) is 17.3 Å². The largest absolute Gasteiger partial charge is 0.459 e. The Morgan fingerprint density at radius 3 is 2.91 bits per heavy atom. The van der Waals surface area contributed by atoms with E-state index < -0.39 is 0 Å². The number of nitrogens with zero attached hydrogens (tertiary/aromatic N) is 3. The topological polar surface area (TPSA) is 78.2 Å². The van der Waals surface area contributed by atoms with E-state index >= 15 is 0 Å². The average molecular weight is 328 g/mol. The van der Waals surface area contributed by atoms with Crippen LogP contribution in [0.15, 0.2) is 44.1 Å². The Morgan fingerprint density at radius 2 is 2.30 bits per heavy atom. The summed E-state index contributed by atoms with van der Waals surface area (Å²) in [5.74, 6) is 1.16. The fraction of sp³-hybridized carbons (Fsp3) is 0.250. The minimum absolute atomic E-state index is 0.171. The Balaban J connectivity index is 1.78. The second-order valence-corrected chi connectivity index (χ2v) is 5.98. The number of thiophene rings is 1. The lowest BCUT2D eigenvalue weighted by atomic mass is 10.1. The van der Waals surface area contributed by atoms with Crippen LogP contribution in [-0.2, 0) is 0 Å². The van der Waals surface area contributed by atoms with E-state index in [0.717, 1.165) is 0 Å². The zero-order chi connectivity index (χ0) is 16.2. The number of anilines is 1. The molecule has 0 aliphatic carbocycles. The number of nitriles is 1. The number of nitrogens with one attached hydrogen (secondary N) is 1. The van der Waals surface area contributed by atoms with Crippen LogP contribution in [0.5, 0.6) is 0 Å². The quantitative estimate of drug-likeness (QED) is 0.745. The third-order valence-electron chi connectivity index (χ3n) is 3.47. The van der Waals surface area contributed by atoms with Crippen molar-refractivity contribution in [1.82, 2.24) is 9.88 Å². The van der Waals surface area contributed by atoms with Crippen LogP contribution in [0, 0.1) is 11.3 Å². The van der Waals surface area contributed by atoms with E-state index in [1.807, 2.05) is 20.2 Å². The van der Waals surface area contributed by atoms with Gasteiger partial charge in [0, 0.05) is 6.54 Å². The maximum atomic E-state index is 9.24. The molecule has 3 aromatic heterocycles. The van der Waals surface area contributed by atoms with Crippen molar-refractivity contribution in [1.29, 1.82) is 5.26 Å². The average Bonchev–Trinajstić information content (AvgIpc) is 3.28. The Kier molecular flexibility index (Phi) is 4.46. The van der Waals surface area contributed by atoms with Gasteiger partial charge in [0.15, 0.2) is 5.76 Å². The molecule has 7 heteroatoms. The fourth-order valence-corrected chi connectivity index (χ4v) is 2.98. The molecular weight excluding hydrogens is 312 g/mol. The first kappa shape index (κ1) is 15.3. The van der Waals surface area contributed by atoms with E-state index in [9.17, 15) is 5.26 Å². The standard InChI is InChI=1S/C16H16N4O2S/c1-20(2)13(11-5-7-23-10-11)9-18-15-12(8-17)19-16(22-15)14-4-3-6-21-14/h3-7,10,13,18H,9H2,1-2H3/t13-/m1/s1. The van der Waals surface area contributed by atoms with Crippen molar-refractivity contribution in [3.63, 3.8) is 0 Å². The van der Waals surface area contributed by atoms with Crippen molar-refractivity contribution in [2.24, 2.45) is 0 Å². The Labute approximate surface area is 138 Å². The molecule has 0 radical (unpaired) electrons. The number of hydrogen-bond donors (Lipinski definition) is 1. The predicted octanol–water partition coefficient (Wildman–Crippen LogP) is 3.58. The highest BCUT2D eigenvalue weighted by Crippen LogP contribution is 2.27. The van der Waals surface area contributed by atoms with E-state index in [0.29, 0.717) is 24.1 Å². The van der Waals surface area contributed by atoms with Gasteiger partial charge in [0.2, 0.25) is 11.6 Å². The van der Waals surface area contributed by atoms with Gasteiger partial charge in [-0.25, -0.2) is 0 Å². The molecule has 118 valence electrons. The molecule has 6 nitrogen and oxygen atoms in total. The number of aromatic nitrogens is 1. The molecule has 1 atom stereocenters. The summed E-state index contributed by atoms with van der Waals surface area (Å²) in [4.78, 5) is 6.28. The summed E-state index contributed by atoms with van der Waals surface area (Å²) in [6, 6.07) is 7.80. The first-order chi connectivity index (χ1) is 11.2. The minimum atomic E-state index is 0.171. The summed E-state index contributed by atoms with van der Waals surface area (Å²) in [6.45, 7) is 0.602. The highest BCUT2D eigenvalue weighted by molar-refractivity contribution is 7.07. The summed E-state index contributed by atoms with van der Waals surface area (Å²) in [5, 5.41) is 16.6. The van der Waals surface area contributed by atoms with Crippen molar-refractivity contribution >= 4 is 17.2 Å². The summed E-state index contributed by atoms with van der Waals surface area (Å²) >= 11 is 1.66. The third kappa shape index (κ3) is 3.28. The van der Waals surface area contributed by atoms with Crippen molar-refractivity contribution < 1.29 is 8.83 Å². The van der Waals surface area contributed by atoms with Crippen LogP contribution < -0.4 is 5.32 Å². The Bertz CT molecular complexity index is 785. The van der Waals surface area contributed by atoms with Gasteiger partial charge in [-0.2, -0.15) is 21.6 Å². The second-order valence-electron chi connectivity index (χ2n) is 5.20. The summed E-state index contributed by atoms with van der Waals surface area (Å²) in [7, 11) is 4.04. The van der Waals surface area contributed by atoms with E-state index in [2.05, 4.69) is 32.0 Å². The molecule has 0 spiro atoms. The molecule has 3 heterocycles. The second kappa shape index (κ2) is 6.69. The first-order valence-corrected chi connectivity index (χ1v) is 8.00. The maximum absolute atomic E-state index is 9.24. The fourth-order valence-electron chi connectivity index (χ4n) is 2.27. The molecule has 0 fully saturated rings. The van der Waals surface area contributed by atoms with Crippen LogP contribution in [0.2, 0.25) is 0 Å². The molecule has 0 unspecified atom stereocenters. The first-order valence-electron chi connectivity index (χ1n) is 7.06. The van der Waals surface area contributed by atoms with Gasteiger partial charge in [-0.05, 0) is 48.6 Å². The SMILES string of the molecule is CN(C)[C@H](CNc1oc(-c2ccco2)nc1C#N)c1ccsc1. The number of oxazole rings is 1. The van der Waals surface area contributed by atoms with Crippen LogP contribution >= 0.6 is 11.3 Å². The predicted molar refractivity (Wildman–Crippen MR) is 88.2 cm³/mol. The van der Waals surface area contributed by atoms with Crippen LogP contribution in [0.4, 0.5) is 5.88 Å². The van der Waals surface area contributed by atoms with E-state index in [4.69, 9.17) is 8.83 Å². The summed E-state index contributed by atoms with van der Waals surface area (Å²) < 4.78 is 10.9. The summed E-state index contributed by atoms with van der Waals surface area (Å²) in [6.07, 6.45) is 1.54. The molecule has 3 aromatic rings. The number of rotatable bonds is 6. The van der Waals surface area contributed by atoms with Crippen molar-refractivity contribution in [2.75, 3.05) is 26.0 Å². The lowest BCUT2D eigenvalue weighted by Gasteiger charge is -2.23. The third-order valence-corrected chi connectivity index (χ3v) is 4.17. The Morgan fingerprint density at radius 1 is 1.43 bits per heavy atom. The lowest BCUT2D eigenvalue weighted by molar-refractivity contribution is 0.311. The van der Waals surface area contributed by atoms with Gasteiger partial charge in [0.05, 0.1) is 12.3 Å². The number of likely N-dealkylation sites (N-methyl/N-ethyl adjacent to an activating group) is 1. The van der Waals surface area contributed by atoms with Crippen LogP contribution in [0.3, 0.4) is 0 Å². The van der Waals surface area contributed by atoms with Gasteiger partial charge < -0.3 is 19.1 Å². The van der Waals surface area contributed by atoms with Gasteiger partial charge >= 0.3 is 0 Å². The zero-order valence-corrected chi connectivity index (χ0v) is 13.6. The molecule has 23 heavy (non-hydrogen) atoms. The molecule has 3 rings (SSSR count). The number of hydrogen-bond acceptors (Lipinski definition) is 7. The molecule has 0 aliphatic heterocycles. The minimum Gasteiger partial charge on any atom is -0.459 e. The van der Waals surface area contributed by atoms with Crippen molar-refractivity contribution in [3.05, 3.63) is 46.5 Å². The highest BCUT2D eigenvalue weighted by atomic mass is 32.1. The molecular formula is C16H16N4O2S. The van der Waals surface area contributed by atoms with Gasteiger partial charge in [-0.1, -0.05) is 0 Å². The number of furan rings is 1. The molecule has 1 N–H and O–H groups in total. The van der Waals surface area contributed by atoms with Crippen molar-refractivity contribution in [3.8, 4) is 17.7 Å². The molecule has 0 aliphatic rings. The van der Waals surface area contributed by atoms with Crippen LogP contribution in [0.25, 0.3) is 11.7 Å². The van der Waals surface area contributed by atoms with Crippen molar-refractivity contribution in [2.45, 2.75) is 6.04 Å². The smallest absolute Gasteiger partial charge is 0.266 e. The molecule has 0 bridgehead atoms. The van der Waals surface area contributed by atoms with E-state index in [1.54, 1.807) is 23.5 Å². The lowest BCUT2D eigenvalue weighted by Crippen LogP contribution is -2.26. The van der Waals surface area contributed by atoms with E-state index in [1.165, 1.54) is 11.8 Å². The maximum Gasteiger partial charge on any atom is 0.266 e. The zero-order valence-electron chi connectivity index (χ0n) is 12.8. The monoisotopic (exact) mass is 328 g/mol. The van der Waals surface area contributed by atoms with Crippen LogP contribution in [-0.4, -0.2) is 30.5 Å². The van der Waals surface area contributed by atoms with Gasteiger partial charge in [0.1, 0.15) is 6.07 Å². The molecule has 0 saturated heterocycles. The van der Waals surface area contributed by atoms with E-state index in [-0.39, 0.29) is 11.7 Å². The molecule has 0 aromatic carbocycles. The van der Waals surface area contributed by atoms with Gasteiger partial charge in [-0.15, -0.1) is 0 Å². The Hall–Kier alpha value is -2.56. The molecule has 0 amide bonds. The highest BCUT2D eigenvalue weighted by Gasteiger charge is 2.19. The molecule has 0 saturated carbocycles. The normalized spacial score (nSPS) is 12.3. The summed E-state index contributed by atoms with van der Waals surface area (Å²) in [5.41, 5.74) is 1.44.